The van der Waals surface area contributed by atoms with Crippen LogP contribution >= 0.6 is 55.1 Å². The van der Waals surface area contributed by atoms with Crippen LogP contribution in [0.5, 0.6) is 11.6 Å². The van der Waals surface area contributed by atoms with E-state index in [1.165, 1.54) is 0 Å². The third kappa shape index (κ3) is 3.54. The van der Waals surface area contributed by atoms with Gasteiger partial charge in [-0.3, -0.25) is 0 Å². The second-order valence-corrected chi connectivity index (χ2v) is 6.12. The number of nitrogens with zero attached hydrogens (tertiary/aromatic N) is 1. The molecule has 0 radical (unpaired) electrons. The number of halogens is 4. The molecule has 0 aliphatic carbocycles. The highest BCUT2D eigenvalue weighted by molar-refractivity contribution is 9.11. The maximum absolute atomic E-state index is 6.07. The summed E-state index contributed by atoms with van der Waals surface area (Å²) in [6.07, 6.45) is 0. The average Bonchev–Trinajstić information content (AvgIpc) is 2.35. The van der Waals surface area contributed by atoms with Crippen molar-refractivity contribution < 1.29 is 4.74 Å². The lowest BCUT2D eigenvalue weighted by Gasteiger charge is -2.11. The first-order valence-electron chi connectivity index (χ1n) is 5.18. The minimum Gasteiger partial charge on any atom is -0.436 e. The van der Waals surface area contributed by atoms with E-state index in [1.807, 2.05) is 12.1 Å². The van der Waals surface area contributed by atoms with Gasteiger partial charge < -0.3 is 10.1 Å². The van der Waals surface area contributed by atoms with Crippen LogP contribution in [0.1, 0.15) is 0 Å². The van der Waals surface area contributed by atoms with E-state index in [9.17, 15) is 0 Å². The largest absolute Gasteiger partial charge is 0.436 e. The van der Waals surface area contributed by atoms with Crippen molar-refractivity contribution in [1.29, 1.82) is 0 Å². The molecule has 0 aliphatic rings. The van der Waals surface area contributed by atoms with Crippen molar-refractivity contribution in [1.82, 2.24) is 4.98 Å². The lowest BCUT2D eigenvalue weighted by molar-refractivity contribution is 0.461. The molecule has 0 spiro atoms. The van der Waals surface area contributed by atoms with Crippen molar-refractivity contribution in [2.45, 2.75) is 0 Å². The van der Waals surface area contributed by atoms with Crippen molar-refractivity contribution in [2.24, 2.45) is 0 Å². The molecule has 2 rings (SSSR count). The zero-order valence-electron chi connectivity index (χ0n) is 9.68. The highest BCUT2D eigenvalue weighted by Crippen LogP contribution is 2.36. The van der Waals surface area contributed by atoms with Crippen LogP contribution in [-0.2, 0) is 0 Å². The van der Waals surface area contributed by atoms with Gasteiger partial charge >= 0.3 is 0 Å². The molecule has 0 saturated carbocycles. The molecule has 1 aromatic heterocycles. The molecule has 0 atom stereocenters. The van der Waals surface area contributed by atoms with Crippen molar-refractivity contribution in [2.75, 3.05) is 12.4 Å². The molecule has 1 N–H and O–H groups in total. The predicted molar refractivity (Wildman–Crippen MR) is 85.7 cm³/mol. The Morgan fingerprint density at radius 1 is 1.16 bits per heavy atom. The Kier molecular flexibility index (Phi) is 4.95. The van der Waals surface area contributed by atoms with Gasteiger partial charge in [0.15, 0.2) is 0 Å². The number of nitrogens with one attached hydrogen (secondary N) is 1. The number of aromatic nitrogens is 1. The molecule has 0 saturated heterocycles. The third-order valence-corrected chi connectivity index (χ3v) is 3.91. The molecule has 2 aromatic rings. The van der Waals surface area contributed by atoms with Crippen molar-refractivity contribution in [3.8, 4) is 11.6 Å². The highest BCUT2D eigenvalue weighted by atomic mass is 79.9. The zero-order chi connectivity index (χ0) is 14.0. The number of ether oxygens (including phenoxy) is 1. The first kappa shape index (κ1) is 14.9. The summed E-state index contributed by atoms with van der Waals surface area (Å²) in [6, 6.07) is 7.13. The van der Waals surface area contributed by atoms with Gasteiger partial charge in [0.05, 0.1) is 9.50 Å². The Labute approximate surface area is 137 Å². The quantitative estimate of drug-likeness (QED) is 0.678. The smallest absolute Gasteiger partial charge is 0.240 e. The highest BCUT2D eigenvalue weighted by Gasteiger charge is 2.12. The van der Waals surface area contributed by atoms with Gasteiger partial charge in [-0.1, -0.05) is 39.1 Å². The number of pyridine rings is 1. The average molecular weight is 427 g/mol. The normalized spacial score (nSPS) is 10.4. The van der Waals surface area contributed by atoms with Crippen molar-refractivity contribution >= 4 is 60.9 Å². The summed E-state index contributed by atoms with van der Waals surface area (Å²) >= 11 is 18.8. The van der Waals surface area contributed by atoms with Crippen LogP contribution in [0.15, 0.2) is 33.2 Å². The summed E-state index contributed by atoms with van der Waals surface area (Å²) < 4.78 is 7.42. The summed E-state index contributed by atoms with van der Waals surface area (Å²) in [7, 11) is 1.72. The SMILES string of the molecule is CNc1nc(Oc2ccc(Br)cc2Br)c(Cl)cc1Cl. The zero-order valence-corrected chi connectivity index (χ0v) is 14.4. The Morgan fingerprint density at radius 2 is 1.89 bits per heavy atom. The number of rotatable bonds is 3. The van der Waals surface area contributed by atoms with E-state index in [0.29, 0.717) is 27.5 Å². The fraction of sp³-hybridized carbons (Fsp3) is 0.0833. The summed E-state index contributed by atoms with van der Waals surface area (Å²) in [5.74, 6) is 1.41. The van der Waals surface area contributed by atoms with Gasteiger partial charge in [-0.15, -0.1) is 0 Å². The van der Waals surface area contributed by atoms with Gasteiger partial charge in [0, 0.05) is 11.5 Å². The van der Waals surface area contributed by atoms with Gasteiger partial charge in [-0.05, 0) is 40.2 Å². The molecule has 3 nitrogen and oxygen atoms in total. The third-order valence-electron chi connectivity index (χ3n) is 2.23. The minimum atomic E-state index is 0.290. The fourth-order valence-electron chi connectivity index (χ4n) is 1.36. The van der Waals surface area contributed by atoms with Gasteiger partial charge in [-0.25, -0.2) is 0 Å². The topological polar surface area (TPSA) is 34.2 Å². The number of hydrogen-bond acceptors (Lipinski definition) is 3. The minimum absolute atomic E-state index is 0.290. The first-order chi connectivity index (χ1) is 9.01. The molecule has 0 unspecified atom stereocenters. The lowest BCUT2D eigenvalue weighted by atomic mass is 10.3. The van der Waals surface area contributed by atoms with Crippen LogP contribution in [0.2, 0.25) is 10.0 Å². The van der Waals surface area contributed by atoms with E-state index in [0.717, 1.165) is 8.95 Å². The Morgan fingerprint density at radius 3 is 2.53 bits per heavy atom. The second kappa shape index (κ2) is 6.31. The molecule has 0 amide bonds. The molecule has 1 heterocycles. The number of benzene rings is 1. The Bertz CT molecular complexity index is 623. The van der Waals surface area contributed by atoms with Crippen LogP contribution in [0.4, 0.5) is 5.82 Å². The monoisotopic (exact) mass is 424 g/mol. The number of hydrogen-bond donors (Lipinski definition) is 1. The van der Waals surface area contributed by atoms with Crippen molar-refractivity contribution in [3.63, 3.8) is 0 Å². The van der Waals surface area contributed by atoms with Gasteiger partial charge in [0.1, 0.15) is 16.6 Å². The van der Waals surface area contributed by atoms with E-state index >= 15 is 0 Å². The van der Waals surface area contributed by atoms with E-state index in [-0.39, 0.29) is 0 Å². The fourth-order valence-corrected chi connectivity index (χ4v) is 2.98. The standard InChI is InChI=1S/C12H8Br2Cl2N2O/c1-17-11-8(15)5-9(16)12(18-11)19-10-3-2-6(13)4-7(10)14/h2-5H,1H3,(H,17,18). The lowest BCUT2D eigenvalue weighted by Crippen LogP contribution is -1.97. The Hall–Kier alpha value is -0.490. The Balaban J connectivity index is 2.37. The van der Waals surface area contributed by atoms with Crippen LogP contribution in [0, 0.1) is 0 Å². The van der Waals surface area contributed by atoms with E-state index < -0.39 is 0 Å². The number of anilines is 1. The molecular weight excluding hydrogens is 419 g/mol. The predicted octanol–water partition coefficient (Wildman–Crippen LogP) is 5.75. The summed E-state index contributed by atoms with van der Waals surface area (Å²) in [5, 5.41) is 3.66. The van der Waals surface area contributed by atoms with E-state index in [4.69, 9.17) is 27.9 Å². The van der Waals surface area contributed by atoms with Crippen LogP contribution in [-0.4, -0.2) is 12.0 Å². The maximum Gasteiger partial charge on any atom is 0.240 e. The molecule has 0 fully saturated rings. The summed E-state index contributed by atoms with van der Waals surface area (Å²) in [4.78, 5) is 4.22. The van der Waals surface area contributed by atoms with Gasteiger partial charge in [-0.2, -0.15) is 4.98 Å². The molecular formula is C12H8Br2Cl2N2O. The van der Waals surface area contributed by atoms with Crippen LogP contribution < -0.4 is 10.1 Å². The summed E-state index contributed by atoms with van der Waals surface area (Å²) in [5.41, 5.74) is 0. The second-order valence-electron chi connectivity index (χ2n) is 3.53. The maximum atomic E-state index is 6.07. The molecule has 7 heteroatoms. The van der Waals surface area contributed by atoms with Crippen LogP contribution in [0.3, 0.4) is 0 Å². The van der Waals surface area contributed by atoms with E-state index in [1.54, 1.807) is 19.2 Å². The van der Waals surface area contributed by atoms with E-state index in [2.05, 4.69) is 42.2 Å². The molecule has 19 heavy (non-hydrogen) atoms. The van der Waals surface area contributed by atoms with Gasteiger partial charge in [0.2, 0.25) is 5.88 Å². The van der Waals surface area contributed by atoms with Crippen LogP contribution in [0.25, 0.3) is 0 Å². The van der Waals surface area contributed by atoms with Gasteiger partial charge in [0.25, 0.3) is 0 Å². The van der Waals surface area contributed by atoms with Crippen molar-refractivity contribution in [3.05, 3.63) is 43.3 Å². The molecule has 0 bridgehead atoms. The molecule has 100 valence electrons. The summed E-state index contributed by atoms with van der Waals surface area (Å²) in [6.45, 7) is 0. The molecule has 0 aliphatic heterocycles. The first-order valence-corrected chi connectivity index (χ1v) is 7.52. The molecule has 1 aromatic carbocycles.